The van der Waals surface area contributed by atoms with Gasteiger partial charge in [0.2, 0.25) is 11.9 Å². The number of anilines is 2. The van der Waals surface area contributed by atoms with Crippen LogP contribution in [-0.2, 0) is 16.1 Å². The third-order valence-electron chi connectivity index (χ3n) is 4.22. The Kier molecular flexibility index (Phi) is 5.37. The average Bonchev–Trinajstić information content (AvgIpc) is 2.57. The highest BCUT2D eigenvalue weighted by Crippen LogP contribution is 2.15. The number of aryl methyl sites for hydroxylation is 3. The van der Waals surface area contributed by atoms with Crippen LogP contribution in [0.3, 0.4) is 0 Å². The fraction of sp³-hybridized carbons (Fsp3) is 0.421. The molecule has 1 aliphatic rings. The van der Waals surface area contributed by atoms with Gasteiger partial charge in [0, 0.05) is 30.5 Å². The zero-order valence-electron chi connectivity index (χ0n) is 15.4. The lowest BCUT2D eigenvalue weighted by Gasteiger charge is -2.29. The maximum atomic E-state index is 12.5. The number of nitrogens with zero attached hydrogens (tertiary/aromatic N) is 3. The summed E-state index contributed by atoms with van der Waals surface area (Å²) < 4.78 is 6.79. The molecule has 1 saturated heterocycles. The lowest BCUT2D eigenvalue weighted by Crippen LogP contribution is -2.41. The molecule has 1 aromatic carbocycles. The molecule has 2 heterocycles. The van der Waals surface area contributed by atoms with E-state index >= 15 is 0 Å². The Hall–Kier alpha value is -2.67. The molecule has 0 atom stereocenters. The molecule has 3 rings (SSSR count). The Bertz CT molecular complexity index is 849. The number of ether oxygens (including phenoxy) is 1. The summed E-state index contributed by atoms with van der Waals surface area (Å²) in [4.78, 5) is 31.5. The molecule has 0 aliphatic carbocycles. The van der Waals surface area contributed by atoms with E-state index in [2.05, 4.69) is 10.3 Å². The van der Waals surface area contributed by atoms with Gasteiger partial charge < -0.3 is 15.0 Å². The molecule has 1 aliphatic heterocycles. The van der Waals surface area contributed by atoms with Gasteiger partial charge >= 0.3 is 0 Å². The number of nitrogens with one attached hydrogen (secondary N) is 1. The summed E-state index contributed by atoms with van der Waals surface area (Å²) in [7, 11) is 0. The molecule has 7 heteroatoms. The highest BCUT2D eigenvalue weighted by Gasteiger charge is 2.19. The highest BCUT2D eigenvalue weighted by atomic mass is 16.5. The number of benzene rings is 1. The Labute approximate surface area is 152 Å². The summed E-state index contributed by atoms with van der Waals surface area (Å²) >= 11 is 0. The molecule has 7 nitrogen and oxygen atoms in total. The van der Waals surface area contributed by atoms with Crippen molar-refractivity contribution >= 4 is 17.5 Å². The Morgan fingerprint density at radius 3 is 2.42 bits per heavy atom. The first-order valence-electron chi connectivity index (χ1n) is 8.72. The standard InChI is InChI=1S/C19H24N4O3/c1-13-8-14(2)10-16(9-13)21-17(24)12-23-18(25)11-15(3)20-19(23)22-4-6-26-7-5-22/h8-11H,4-7,12H2,1-3H3,(H,21,24). The van der Waals surface area contributed by atoms with Gasteiger partial charge in [-0.25, -0.2) is 4.98 Å². The molecular formula is C19H24N4O3. The van der Waals surface area contributed by atoms with Crippen LogP contribution in [0.4, 0.5) is 11.6 Å². The van der Waals surface area contributed by atoms with Crippen LogP contribution in [-0.4, -0.2) is 41.8 Å². The Morgan fingerprint density at radius 1 is 1.12 bits per heavy atom. The molecule has 0 bridgehead atoms. The van der Waals surface area contributed by atoms with E-state index in [0.717, 1.165) is 16.8 Å². The minimum Gasteiger partial charge on any atom is -0.378 e. The number of hydrogen-bond acceptors (Lipinski definition) is 5. The summed E-state index contributed by atoms with van der Waals surface area (Å²) in [5, 5.41) is 2.87. The number of amides is 1. The summed E-state index contributed by atoms with van der Waals surface area (Å²) in [6.45, 7) is 8.12. The molecule has 1 fully saturated rings. The third-order valence-corrected chi connectivity index (χ3v) is 4.22. The zero-order chi connectivity index (χ0) is 18.7. The van der Waals surface area contributed by atoms with E-state index < -0.39 is 0 Å². The number of rotatable bonds is 4. The Balaban J connectivity index is 1.84. The molecule has 138 valence electrons. The lowest BCUT2D eigenvalue weighted by atomic mass is 10.1. The van der Waals surface area contributed by atoms with E-state index in [1.807, 2.05) is 36.9 Å². The largest absolute Gasteiger partial charge is 0.378 e. The van der Waals surface area contributed by atoms with Gasteiger partial charge in [0.25, 0.3) is 5.56 Å². The van der Waals surface area contributed by atoms with Gasteiger partial charge in [0.05, 0.1) is 13.2 Å². The van der Waals surface area contributed by atoms with Gasteiger partial charge in [0.1, 0.15) is 6.54 Å². The van der Waals surface area contributed by atoms with Gasteiger partial charge in [-0.05, 0) is 44.0 Å². The SMILES string of the molecule is Cc1cc(C)cc(NC(=O)Cn2c(N3CCOCC3)nc(C)cc2=O)c1. The molecule has 0 radical (unpaired) electrons. The van der Waals surface area contributed by atoms with E-state index in [9.17, 15) is 9.59 Å². The normalized spacial score (nSPS) is 14.3. The average molecular weight is 356 g/mol. The Morgan fingerprint density at radius 2 is 1.77 bits per heavy atom. The van der Waals surface area contributed by atoms with E-state index in [1.165, 1.54) is 10.6 Å². The van der Waals surface area contributed by atoms with Crippen molar-refractivity contribution in [1.29, 1.82) is 0 Å². The van der Waals surface area contributed by atoms with Crippen LogP contribution in [0, 0.1) is 20.8 Å². The van der Waals surface area contributed by atoms with E-state index in [0.29, 0.717) is 37.9 Å². The van der Waals surface area contributed by atoms with Gasteiger partial charge in [0.15, 0.2) is 0 Å². The van der Waals surface area contributed by atoms with Crippen molar-refractivity contribution in [3.63, 3.8) is 0 Å². The van der Waals surface area contributed by atoms with Crippen LogP contribution in [0.15, 0.2) is 29.1 Å². The zero-order valence-corrected chi connectivity index (χ0v) is 15.4. The van der Waals surface area contributed by atoms with E-state index in [-0.39, 0.29) is 18.0 Å². The van der Waals surface area contributed by atoms with Crippen molar-refractivity contribution in [2.45, 2.75) is 27.3 Å². The summed E-state index contributed by atoms with van der Waals surface area (Å²) in [6.07, 6.45) is 0. The quantitative estimate of drug-likeness (QED) is 0.901. The maximum Gasteiger partial charge on any atom is 0.255 e. The first-order valence-corrected chi connectivity index (χ1v) is 8.72. The number of carbonyl (C=O) groups is 1. The fourth-order valence-corrected chi connectivity index (χ4v) is 3.15. The van der Waals surface area contributed by atoms with Crippen molar-refractivity contribution in [3.8, 4) is 0 Å². The molecule has 2 aromatic rings. The van der Waals surface area contributed by atoms with Crippen molar-refractivity contribution < 1.29 is 9.53 Å². The second kappa shape index (κ2) is 7.70. The van der Waals surface area contributed by atoms with Gasteiger partial charge in [-0.3, -0.25) is 14.2 Å². The fourth-order valence-electron chi connectivity index (χ4n) is 3.15. The smallest absolute Gasteiger partial charge is 0.255 e. The van der Waals surface area contributed by atoms with Crippen molar-refractivity contribution in [2.75, 3.05) is 36.5 Å². The molecule has 26 heavy (non-hydrogen) atoms. The van der Waals surface area contributed by atoms with Crippen LogP contribution >= 0.6 is 0 Å². The van der Waals surface area contributed by atoms with E-state index in [1.54, 1.807) is 6.92 Å². The van der Waals surface area contributed by atoms with Crippen molar-refractivity contribution in [1.82, 2.24) is 9.55 Å². The van der Waals surface area contributed by atoms with Crippen LogP contribution in [0.2, 0.25) is 0 Å². The van der Waals surface area contributed by atoms with Crippen LogP contribution < -0.4 is 15.8 Å². The lowest BCUT2D eigenvalue weighted by molar-refractivity contribution is -0.116. The van der Waals surface area contributed by atoms with Crippen LogP contribution in [0.25, 0.3) is 0 Å². The summed E-state index contributed by atoms with van der Waals surface area (Å²) in [6, 6.07) is 7.31. The maximum absolute atomic E-state index is 12.5. The second-order valence-electron chi connectivity index (χ2n) is 6.65. The predicted octanol–water partition coefficient (Wildman–Crippen LogP) is 1.64. The topological polar surface area (TPSA) is 76.5 Å². The molecule has 0 saturated carbocycles. The molecular weight excluding hydrogens is 332 g/mol. The molecule has 1 amide bonds. The van der Waals surface area contributed by atoms with Crippen LogP contribution in [0.5, 0.6) is 0 Å². The van der Waals surface area contributed by atoms with Crippen molar-refractivity contribution in [3.05, 3.63) is 51.4 Å². The first-order chi connectivity index (χ1) is 12.4. The van der Waals surface area contributed by atoms with Gasteiger partial charge in [-0.1, -0.05) is 6.07 Å². The number of aromatic nitrogens is 2. The van der Waals surface area contributed by atoms with Gasteiger partial charge in [-0.2, -0.15) is 0 Å². The van der Waals surface area contributed by atoms with E-state index in [4.69, 9.17) is 4.74 Å². The number of carbonyl (C=O) groups excluding carboxylic acids is 1. The van der Waals surface area contributed by atoms with Gasteiger partial charge in [-0.15, -0.1) is 0 Å². The third kappa shape index (κ3) is 4.29. The second-order valence-corrected chi connectivity index (χ2v) is 6.65. The molecule has 0 spiro atoms. The monoisotopic (exact) mass is 356 g/mol. The minimum absolute atomic E-state index is 0.0776. The highest BCUT2D eigenvalue weighted by molar-refractivity contribution is 5.91. The minimum atomic E-state index is -0.253. The predicted molar refractivity (Wildman–Crippen MR) is 101 cm³/mol. The molecule has 1 N–H and O–H groups in total. The molecule has 0 unspecified atom stereocenters. The number of hydrogen-bond donors (Lipinski definition) is 1. The number of morpholine rings is 1. The first kappa shape index (κ1) is 18.1. The summed E-state index contributed by atoms with van der Waals surface area (Å²) in [5.74, 6) is 0.270. The molecule has 1 aromatic heterocycles. The van der Waals surface area contributed by atoms with Crippen molar-refractivity contribution in [2.24, 2.45) is 0 Å². The van der Waals surface area contributed by atoms with Crippen LogP contribution in [0.1, 0.15) is 16.8 Å². The summed E-state index contributed by atoms with van der Waals surface area (Å²) in [5.41, 5.74) is 3.29.